The Labute approximate surface area is 91.7 Å². The van der Waals surface area contributed by atoms with Gasteiger partial charge in [0.2, 0.25) is 0 Å². The average molecular weight is 251 g/mol. The van der Waals surface area contributed by atoms with E-state index in [0.717, 1.165) is 10.3 Å². The van der Waals surface area contributed by atoms with Crippen molar-refractivity contribution in [3.05, 3.63) is 34.9 Å². The molecule has 0 aliphatic rings. The molecule has 2 nitrogen and oxygen atoms in total. The highest BCUT2D eigenvalue weighted by molar-refractivity contribution is 9.10. The van der Waals surface area contributed by atoms with Crippen LogP contribution in [0.25, 0.3) is 10.8 Å². The summed E-state index contributed by atoms with van der Waals surface area (Å²) < 4.78 is 1.04. The van der Waals surface area contributed by atoms with Crippen LogP contribution < -0.4 is 4.90 Å². The first-order valence-electron chi connectivity index (χ1n) is 4.40. The van der Waals surface area contributed by atoms with Crippen molar-refractivity contribution in [1.29, 1.82) is 0 Å². The van der Waals surface area contributed by atoms with Gasteiger partial charge in [-0.25, -0.2) is 4.98 Å². The number of benzene rings is 1. The predicted molar refractivity (Wildman–Crippen MR) is 63.8 cm³/mol. The molecule has 1 aromatic carbocycles. The van der Waals surface area contributed by atoms with Crippen LogP contribution in [0.1, 0.15) is 0 Å². The van der Waals surface area contributed by atoms with Gasteiger partial charge in [0.15, 0.2) is 0 Å². The standard InChI is InChI=1S/C11H11BrN2/c1-14(2)11-9-6-4-3-5-8(9)10(12)7-13-11/h3-7H,1-2H3. The number of aromatic nitrogens is 1. The van der Waals surface area contributed by atoms with E-state index in [0.29, 0.717) is 0 Å². The number of nitrogens with zero attached hydrogens (tertiary/aromatic N) is 2. The third-order valence-corrected chi connectivity index (χ3v) is 2.78. The normalized spacial score (nSPS) is 10.5. The Morgan fingerprint density at radius 3 is 2.43 bits per heavy atom. The van der Waals surface area contributed by atoms with Crippen LogP contribution in [0.4, 0.5) is 5.82 Å². The van der Waals surface area contributed by atoms with E-state index in [9.17, 15) is 0 Å². The number of halogens is 1. The summed E-state index contributed by atoms with van der Waals surface area (Å²) in [5.74, 6) is 1.00. The summed E-state index contributed by atoms with van der Waals surface area (Å²) in [5, 5.41) is 2.37. The van der Waals surface area contributed by atoms with Crippen molar-refractivity contribution >= 4 is 32.5 Å². The first-order chi connectivity index (χ1) is 6.70. The Balaban J connectivity index is 2.82. The van der Waals surface area contributed by atoms with Crippen molar-refractivity contribution in [3.63, 3.8) is 0 Å². The first kappa shape index (κ1) is 9.46. The van der Waals surface area contributed by atoms with E-state index in [4.69, 9.17) is 0 Å². The quantitative estimate of drug-likeness (QED) is 0.774. The topological polar surface area (TPSA) is 16.1 Å². The van der Waals surface area contributed by atoms with Crippen molar-refractivity contribution in [2.45, 2.75) is 0 Å². The second kappa shape index (κ2) is 3.58. The van der Waals surface area contributed by atoms with Crippen LogP contribution >= 0.6 is 15.9 Å². The molecule has 0 radical (unpaired) electrons. The van der Waals surface area contributed by atoms with E-state index in [1.807, 2.05) is 37.3 Å². The van der Waals surface area contributed by atoms with Gasteiger partial charge in [0, 0.05) is 35.5 Å². The first-order valence-corrected chi connectivity index (χ1v) is 5.20. The maximum atomic E-state index is 4.38. The molecule has 0 atom stereocenters. The monoisotopic (exact) mass is 250 g/mol. The summed E-state index contributed by atoms with van der Waals surface area (Å²) in [6.45, 7) is 0. The van der Waals surface area contributed by atoms with Crippen molar-refractivity contribution in [2.75, 3.05) is 19.0 Å². The van der Waals surface area contributed by atoms with Crippen LogP contribution in [-0.2, 0) is 0 Å². The number of hydrogen-bond acceptors (Lipinski definition) is 2. The smallest absolute Gasteiger partial charge is 0.135 e. The molecule has 0 aliphatic carbocycles. The molecule has 2 rings (SSSR count). The van der Waals surface area contributed by atoms with Crippen LogP contribution in [0.3, 0.4) is 0 Å². The Morgan fingerprint density at radius 1 is 1.14 bits per heavy atom. The molecule has 0 bridgehead atoms. The van der Waals surface area contributed by atoms with Gasteiger partial charge in [-0.05, 0) is 15.9 Å². The second-order valence-corrected chi connectivity index (χ2v) is 4.22. The predicted octanol–water partition coefficient (Wildman–Crippen LogP) is 3.06. The summed E-state index contributed by atoms with van der Waals surface area (Å²) in [5.41, 5.74) is 0. The number of fused-ring (bicyclic) bond motifs is 1. The van der Waals surface area contributed by atoms with E-state index in [-0.39, 0.29) is 0 Å². The maximum Gasteiger partial charge on any atom is 0.135 e. The second-order valence-electron chi connectivity index (χ2n) is 3.37. The van der Waals surface area contributed by atoms with Crippen LogP contribution in [0.2, 0.25) is 0 Å². The number of pyridine rings is 1. The minimum atomic E-state index is 1.00. The zero-order valence-corrected chi connectivity index (χ0v) is 9.75. The average Bonchev–Trinajstić information content (AvgIpc) is 2.18. The van der Waals surface area contributed by atoms with Crippen molar-refractivity contribution in [3.8, 4) is 0 Å². The van der Waals surface area contributed by atoms with Gasteiger partial charge in [-0.3, -0.25) is 0 Å². The fraction of sp³-hybridized carbons (Fsp3) is 0.182. The highest BCUT2D eigenvalue weighted by Crippen LogP contribution is 2.28. The lowest BCUT2D eigenvalue weighted by Gasteiger charge is -2.14. The fourth-order valence-corrected chi connectivity index (χ4v) is 1.95. The zero-order valence-electron chi connectivity index (χ0n) is 8.16. The lowest BCUT2D eigenvalue weighted by molar-refractivity contribution is 1.08. The molecule has 3 heteroatoms. The van der Waals surface area contributed by atoms with Gasteiger partial charge in [-0.2, -0.15) is 0 Å². The van der Waals surface area contributed by atoms with Gasteiger partial charge in [0.1, 0.15) is 5.82 Å². The van der Waals surface area contributed by atoms with Crippen molar-refractivity contribution in [2.24, 2.45) is 0 Å². The van der Waals surface area contributed by atoms with Crippen LogP contribution in [0.5, 0.6) is 0 Å². The number of anilines is 1. The number of hydrogen-bond donors (Lipinski definition) is 0. The molecule has 72 valence electrons. The molecule has 1 aromatic heterocycles. The van der Waals surface area contributed by atoms with E-state index in [2.05, 4.69) is 33.0 Å². The number of rotatable bonds is 1. The Bertz CT molecular complexity index is 466. The van der Waals surface area contributed by atoms with E-state index in [1.165, 1.54) is 10.8 Å². The van der Waals surface area contributed by atoms with Gasteiger partial charge in [-0.15, -0.1) is 0 Å². The van der Waals surface area contributed by atoms with Gasteiger partial charge >= 0.3 is 0 Å². The minimum absolute atomic E-state index is 1.00. The minimum Gasteiger partial charge on any atom is -0.362 e. The Hall–Kier alpha value is -1.09. The summed E-state index contributed by atoms with van der Waals surface area (Å²) in [6, 6.07) is 8.24. The van der Waals surface area contributed by atoms with E-state index >= 15 is 0 Å². The third-order valence-electron chi connectivity index (χ3n) is 2.15. The molecule has 14 heavy (non-hydrogen) atoms. The van der Waals surface area contributed by atoms with Crippen LogP contribution in [0, 0.1) is 0 Å². The largest absolute Gasteiger partial charge is 0.362 e. The summed E-state index contributed by atoms with van der Waals surface area (Å²) in [7, 11) is 4.01. The Morgan fingerprint density at radius 2 is 1.79 bits per heavy atom. The lowest BCUT2D eigenvalue weighted by Crippen LogP contribution is -2.10. The zero-order chi connectivity index (χ0) is 10.1. The van der Waals surface area contributed by atoms with E-state index in [1.54, 1.807) is 0 Å². The van der Waals surface area contributed by atoms with Gasteiger partial charge in [-0.1, -0.05) is 24.3 Å². The molecular weight excluding hydrogens is 240 g/mol. The molecular formula is C11H11BrN2. The molecule has 0 N–H and O–H groups in total. The molecule has 0 saturated carbocycles. The molecule has 0 saturated heterocycles. The van der Waals surface area contributed by atoms with Crippen LogP contribution in [-0.4, -0.2) is 19.1 Å². The van der Waals surface area contributed by atoms with E-state index < -0.39 is 0 Å². The lowest BCUT2D eigenvalue weighted by atomic mass is 10.1. The fourth-order valence-electron chi connectivity index (χ4n) is 1.50. The SMILES string of the molecule is CN(C)c1ncc(Br)c2ccccc12. The van der Waals surface area contributed by atoms with Crippen molar-refractivity contribution < 1.29 is 0 Å². The van der Waals surface area contributed by atoms with Crippen LogP contribution in [0.15, 0.2) is 34.9 Å². The molecule has 0 aliphatic heterocycles. The summed E-state index contributed by atoms with van der Waals surface area (Å²) in [6.07, 6.45) is 1.84. The molecule has 0 spiro atoms. The molecule has 2 aromatic rings. The maximum absolute atomic E-state index is 4.38. The van der Waals surface area contributed by atoms with Gasteiger partial charge in [0.25, 0.3) is 0 Å². The summed E-state index contributed by atoms with van der Waals surface area (Å²) >= 11 is 3.50. The summed E-state index contributed by atoms with van der Waals surface area (Å²) in [4.78, 5) is 6.41. The third kappa shape index (κ3) is 1.48. The molecule has 1 heterocycles. The molecule has 0 amide bonds. The highest BCUT2D eigenvalue weighted by atomic mass is 79.9. The molecule has 0 fully saturated rings. The highest BCUT2D eigenvalue weighted by Gasteiger charge is 2.05. The van der Waals surface area contributed by atoms with Gasteiger partial charge in [0.05, 0.1) is 0 Å². The molecule has 0 unspecified atom stereocenters. The van der Waals surface area contributed by atoms with Gasteiger partial charge < -0.3 is 4.90 Å². The Kier molecular flexibility index (Phi) is 2.42. The van der Waals surface area contributed by atoms with Crippen molar-refractivity contribution in [1.82, 2.24) is 4.98 Å².